The average Bonchev–Trinajstić information content (AvgIpc) is 3.16. The molecule has 0 N–H and O–H groups in total. The minimum atomic E-state index is 0.641. The fourth-order valence-electron chi connectivity index (χ4n) is 2.32. The van der Waals surface area contributed by atoms with Crippen LogP contribution in [0.1, 0.15) is 0 Å². The summed E-state index contributed by atoms with van der Waals surface area (Å²) in [5.74, 6) is 1.28. The molecule has 22 heavy (non-hydrogen) atoms. The normalized spacial score (nSPS) is 11.2. The summed E-state index contributed by atoms with van der Waals surface area (Å²) in [6, 6.07) is 8.29. The molecule has 4 aromatic rings. The van der Waals surface area contributed by atoms with E-state index in [1.54, 1.807) is 36.9 Å². The molecule has 0 aliphatic heterocycles. The maximum Gasteiger partial charge on any atom is 0.213 e. The Morgan fingerprint density at radius 2 is 1.18 bits per heavy atom. The standard InChI is InChI=1S/C16H12N2O2S2/c1-19-15-5-9-3-11(21-13(9)7-17-15)12-4-10-6-16(20-2)18-8-14(10)22-12/h3-8H,1-2H3. The van der Waals surface area contributed by atoms with Crippen molar-refractivity contribution in [3.8, 4) is 21.5 Å². The van der Waals surface area contributed by atoms with Crippen LogP contribution in [0.2, 0.25) is 0 Å². The molecule has 0 spiro atoms. The van der Waals surface area contributed by atoms with Crippen LogP contribution in [0.25, 0.3) is 29.9 Å². The molecule has 0 saturated heterocycles. The summed E-state index contributed by atoms with van der Waals surface area (Å²) >= 11 is 3.47. The lowest BCUT2D eigenvalue weighted by atomic mass is 10.2. The monoisotopic (exact) mass is 328 g/mol. The summed E-state index contributed by atoms with van der Waals surface area (Å²) in [7, 11) is 3.27. The zero-order valence-electron chi connectivity index (χ0n) is 12.0. The van der Waals surface area contributed by atoms with Crippen molar-refractivity contribution in [2.75, 3.05) is 14.2 Å². The molecular weight excluding hydrogens is 316 g/mol. The number of ether oxygens (including phenoxy) is 2. The predicted molar refractivity (Wildman–Crippen MR) is 91.3 cm³/mol. The quantitative estimate of drug-likeness (QED) is 0.552. The van der Waals surface area contributed by atoms with E-state index in [0.717, 1.165) is 20.2 Å². The largest absolute Gasteiger partial charge is 0.481 e. The van der Waals surface area contributed by atoms with Crippen molar-refractivity contribution in [2.45, 2.75) is 0 Å². The first kappa shape index (κ1) is 13.5. The molecule has 0 radical (unpaired) electrons. The van der Waals surface area contributed by atoms with E-state index in [0.29, 0.717) is 11.8 Å². The van der Waals surface area contributed by atoms with Crippen molar-refractivity contribution in [2.24, 2.45) is 0 Å². The molecule has 0 bridgehead atoms. The lowest BCUT2D eigenvalue weighted by Gasteiger charge is -1.95. The van der Waals surface area contributed by atoms with Gasteiger partial charge in [-0.25, -0.2) is 9.97 Å². The van der Waals surface area contributed by atoms with Gasteiger partial charge in [0.15, 0.2) is 0 Å². The predicted octanol–water partition coefficient (Wildman–Crippen LogP) is 4.59. The number of thiophene rings is 2. The van der Waals surface area contributed by atoms with Gasteiger partial charge in [0.25, 0.3) is 0 Å². The molecule has 0 amide bonds. The fraction of sp³-hybridized carbons (Fsp3) is 0.125. The molecule has 0 unspecified atom stereocenters. The van der Waals surface area contributed by atoms with Gasteiger partial charge in [-0.15, -0.1) is 22.7 Å². The van der Waals surface area contributed by atoms with Crippen molar-refractivity contribution in [3.63, 3.8) is 0 Å². The molecule has 110 valence electrons. The third kappa shape index (κ3) is 2.20. The number of pyridine rings is 2. The van der Waals surface area contributed by atoms with E-state index in [1.165, 1.54) is 9.75 Å². The molecule has 4 aromatic heterocycles. The van der Waals surface area contributed by atoms with Gasteiger partial charge in [-0.05, 0) is 12.1 Å². The average molecular weight is 328 g/mol. The molecule has 0 saturated carbocycles. The number of rotatable bonds is 3. The summed E-state index contributed by atoms with van der Waals surface area (Å²) in [5.41, 5.74) is 0. The van der Waals surface area contributed by atoms with Gasteiger partial charge in [0, 0.05) is 45.1 Å². The number of methoxy groups -OCH3 is 2. The SMILES string of the molecule is COc1cc2cc(-c3cc4cc(OC)ncc4s3)sc2cn1. The second-order valence-electron chi connectivity index (χ2n) is 4.75. The Labute approximate surface area is 135 Å². The minimum absolute atomic E-state index is 0.641. The highest BCUT2D eigenvalue weighted by molar-refractivity contribution is 7.28. The summed E-state index contributed by atoms with van der Waals surface area (Å²) in [5, 5.41) is 2.31. The molecule has 6 heteroatoms. The van der Waals surface area contributed by atoms with E-state index in [9.17, 15) is 0 Å². The zero-order valence-corrected chi connectivity index (χ0v) is 13.6. The Bertz CT molecular complexity index is 895. The van der Waals surface area contributed by atoms with E-state index in [-0.39, 0.29) is 0 Å². The summed E-state index contributed by atoms with van der Waals surface area (Å²) < 4.78 is 12.7. The lowest BCUT2D eigenvalue weighted by molar-refractivity contribution is 0.398. The van der Waals surface area contributed by atoms with Crippen molar-refractivity contribution < 1.29 is 9.47 Å². The van der Waals surface area contributed by atoms with Crippen molar-refractivity contribution in [3.05, 3.63) is 36.7 Å². The van der Waals surface area contributed by atoms with Crippen LogP contribution in [-0.4, -0.2) is 24.2 Å². The van der Waals surface area contributed by atoms with Crippen LogP contribution in [0.3, 0.4) is 0 Å². The molecule has 0 atom stereocenters. The van der Waals surface area contributed by atoms with Gasteiger partial charge in [-0.3, -0.25) is 0 Å². The second-order valence-corrected chi connectivity index (χ2v) is 6.92. The summed E-state index contributed by atoms with van der Waals surface area (Å²) in [6.07, 6.45) is 3.72. The van der Waals surface area contributed by atoms with Gasteiger partial charge in [0.05, 0.1) is 23.6 Å². The van der Waals surface area contributed by atoms with Gasteiger partial charge >= 0.3 is 0 Å². The number of hydrogen-bond donors (Lipinski definition) is 0. The Morgan fingerprint density at radius 3 is 1.59 bits per heavy atom. The highest BCUT2D eigenvalue weighted by Crippen LogP contribution is 2.40. The van der Waals surface area contributed by atoms with Crippen molar-refractivity contribution in [1.29, 1.82) is 0 Å². The van der Waals surface area contributed by atoms with Crippen LogP contribution in [0, 0.1) is 0 Å². The molecule has 4 heterocycles. The Hall–Kier alpha value is -2.18. The molecular formula is C16H12N2O2S2. The Kier molecular flexibility index (Phi) is 3.20. The zero-order chi connectivity index (χ0) is 15.1. The van der Waals surface area contributed by atoms with Crippen LogP contribution in [0.4, 0.5) is 0 Å². The Morgan fingerprint density at radius 1 is 0.727 bits per heavy atom. The third-order valence-corrected chi connectivity index (χ3v) is 5.79. The number of hydrogen-bond acceptors (Lipinski definition) is 6. The minimum Gasteiger partial charge on any atom is -0.481 e. The van der Waals surface area contributed by atoms with Crippen LogP contribution < -0.4 is 9.47 Å². The first-order valence-corrected chi connectivity index (χ1v) is 8.27. The van der Waals surface area contributed by atoms with E-state index >= 15 is 0 Å². The first-order chi connectivity index (χ1) is 10.8. The maximum atomic E-state index is 5.18. The van der Waals surface area contributed by atoms with Gasteiger partial charge in [0.2, 0.25) is 11.8 Å². The number of nitrogens with zero attached hydrogens (tertiary/aromatic N) is 2. The molecule has 4 nitrogen and oxygen atoms in total. The van der Waals surface area contributed by atoms with Crippen LogP contribution in [0.15, 0.2) is 36.7 Å². The van der Waals surface area contributed by atoms with Crippen molar-refractivity contribution >= 4 is 42.8 Å². The molecule has 0 aliphatic carbocycles. The third-order valence-electron chi connectivity index (χ3n) is 3.42. The van der Waals surface area contributed by atoms with Gasteiger partial charge in [-0.1, -0.05) is 0 Å². The van der Waals surface area contributed by atoms with E-state index < -0.39 is 0 Å². The summed E-state index contributed by atoms with van der Waals surface area (Å²) in [6.45, 7) is 0. The Balaban J connectivity index is 1.83. The highest BCUT2D eigenvalue weighted by atomic mass is 32.1. The molecule has 4 rings (SSSR count). The highest BCUT2D eigenvalue weighted by Gasteiger charge is 2.10. The van der Waals surface area contributed by atoms with Gasteiger partial charge in [-0.2, -0.15) is 0 Å². The summed E-state index contributed by atoms with van der Waals surface area (Å²) in [4.78, 5) is 11.0. The van der Waals surface area contributed by atoms with Gasteiger partial charge in [0.1, 0.15) is 0 Å². The number of fused-ring (bicyclic) bond motifs is 2. The maximum absolute atomic E-state index is 5.18. The van der Waals surface area contributed by atoms with E-state index in [1.807, 2.05) is 24.5 Å². The molecule has 0 aromatic carbocycles. The van der Waals surface area contributed by atoms with Crippen LogP contribution in [0.5, 0.6) is 11.8 Å². The van der Waals surface area contributed by atoms with Gasteiger partial charge < -0.3 is 9.47 Å². The van der Waals surface area contributed by atoms with E-state index in [4.69, 9.17) is 9.47 Å². The fourth-order valence-corrected chi connectivity index (χ4v) is 4.41. The second kappa shape index (κ2) is 5.23. The lowest BCUT2D eigenvalue weighted by Crippen LogP contribution is -1.84. The number of aromatic nitrogens is 2. The first-order valence-electron chi connectivity index (χ1n) is 6.64. The topological polar surface area (TPSA) is 44.2 Å². The van der Waals surface area contributed by atoms with Crippen LogP contribution in [-0.2, 0) is 0 Å². The smallest absolute Gasteiger partial charge is 0.213 e. The van der Waals surface area contributed by atoms with Crippen LogP contribution >= 0.6 is 22.7 Å². The van der Waals surface area contributed by atoms with Crippen molar-refractivity contribution in [1.82, 2.24) is 9.97 Å². The molecule has 0 fully saturated rings. The molecule has 0 aliphatic rings. The van der Waals surface area contributed by atoms with E-state index in [2.05, 4.69) is 22.1 Å².